The van der Waals surface area contributed by atoms with Crippen molar-refractivity contribution in [3.63, 3.8) is 0 Å². The maximum Gasteiger partial charge on any atom is 0.312 e. The zero-order valence-electron chi connectivity index (χ0n) is 12.2. The average molecular weight is 295 g/mol. The van der Waals surface area contributed by atoms with Crippen molar-refractivity contribution in [1.82, 2.24) is 10.6 Å². The summed E-state index contributed by atoms with van der Waals surface area (Å²) < 4.78 is 13.3. The Morgan fingerprint density at radius 2 is 1.95 bits per heavy atom. The van der Waals surface area contributed by atoms with Gasteiger partial charge in [0.05, 0.1) is 0 Å². The standard InChI is InChI=1S/C15H22FN3O2/c1-11-6-7-12(9-13(11)16)10-19-14(20)5-3-2-4-8-18-15(17)21/h6-7,9H,2-5,8,10H2,1H3,(H,19,20)(H3,17,18,21). The molecule has 3 amide bonds. The lowest BCUT2D eigenvalue weighted by Gasteiger charge is -2.06. The van der Waals surface area contributed by atoms with E-state index in [2.05, 4.69) is 10.6 Å². The first kappa shape index (κ1) is 16.9. The summed E-state index contributed by atoms with van der Waals surface area (Å²) in [7, 11) is 0. The van der Waals surface area contributed by atoms with E-state index in [4.69, 9.17) is 5.73 Å². The van der Waals surface area contributed by atoms with E-state index < -0.39 is 6.03 Å². The molecule has 0 bridgehead atoms. The van der Waals surface area contributed by atoms with Crippen molar-refractivity contribution in [2.24, 2.45) is 5.73 Å². The summed E-state index contributed by atoms with van der Waals surface area (Å²) in [6, 6.07) is 4.40. The van der Waals surface area contributed by atoms with Crippen LogP contribution in [0.3, 0.4) is 0 Å². The molecule has 21 heavy (non-hydrogen) atoms. The molecular weight excluding hydrogens is 273 g/mol. The number of benzene rings is 1. The van der Waals surface area contributed by atoms with E-state index in [0.29, 0.717) is 25.1 Å². The van der Waals surface area contributed by atoms with Gasteiger partial charge in [-0.2, -0.15) is 0 Å². The molecule has 1 rings (SSSR count). The Balaban J connectivity index is 2.13. The lowest BCUT2D eigenvalue weighted by atomic mass is 10.1. The first-order valence-corrected chi connectivity index (χ1v) is 7.04. The van der Waals surface area contributed by atoms with Gasteiger partial charge in [0.2, 0.25) is 5.91 Å². The molecule has 0 aromatic heterocycles. The Morgan fingerprint density at radius 3 is 2.62 bits per heavy atom. The third-order valence-electron chi connectivity index (χ3n) is 3.11. The Bertz CT molecular complexity index is 492. The van der Waals surface area contributed by atoms with Gasteiger partial charge in [0.1, 0.15) is 5.82 Å². The molecule has 5 nitrogen and oxygen atoms in total. The Labute approximate surface area is 124 Å². The molecule has 4 N–H and O–H groups in total. The van der Waals surface area contributed by atoms with Crippen LogP contribution in [0.4, 0.5) is 9.18 Å². The maximum atomic E-state index is 13.3. The highest BCUT2D eigenvalue weighted by atomic mass is 19.1. The van der Waals surface area contributed by atoms with Crippen LogP contribution < -0.4 is 16.4 Å². The van der Waals surface area contributed by atoms with E-state index in [9.17, 15) is 14.0 Å². The Kier molecular flexibility index (Phi) is 7.21. The van der Waals surface area contributed by atoms with E-state index in [1.165, 1.54) is 6.07 Å². The summed E-state index contributed by atoms with van der Waals surface area (Å²) in [4.78, 5) is 22.0. The predicted octanol–water partition coefficient (Wildman–Crippen LogP) is 1.98. The van der Waals surface area contributed by atoms with E-state index in [0.717, 1.165) is 24.8 Å². The van der Waals surface area contributed by atoms with Crippen LogP contribution in [0, 0.1) is 12.7 Å². The fourth-order valence-corrected chi connectivity index (χ4v) is 1.83. The summed E-state index contributed by atoms with van der Waals surface area (Å²) in [5, 5.41) is 5.25. The second-order valence-corrected chi connectivity index (χ2v) is 4.96. The van der Waals surface area contributed by atoms with Gasteiger partial charge in [0, 0.05) is 19.5 Å². The van der Waals surface area contributed by atoms with Crippen molar-refractivity contribution in [2.45, 2.75) is 39.2 Å². The number of halogens is 1. The van der Waals surface area contributed by atoms with Gasteiger partial charge in [-0.1, -0.05) is 18.6 Å². The molecule has 6 heteroatoms. The fourth-order valence-electron chi connectivity index (χ4n) is 1.83. The van der Waals surface area contributed by atoms with Crippen molar-refractivity contribution in [3.05, 3.63) is 35.1 Å². The van der Waals surface area contributed by atoms with Crippen molar-refractivity contribution in [3.8, 4) is 0 Å². The average Bonchev–Trinajstić information content (AvgIpc) is 2.43. The van der Waals surface area contributed by atoms with Gasteiger partial charge < -0.3 is 16.4 Å². The molecule has 0 unspecified atom stereocenters. The second kappa shape index (κ2) is 8.94. The van der Waals surface area contributed by atoms with Crippen LogP contribution in [0.2, 0.25) is 0 Å². The van der Waals surface area contributed by atoms with Gasteiger partial charge in [-0.05, 0) is 37.0 Å². The summed E-state index contributed by atoms with van der Waals surface area (Å²) in [6.45, 7) is 2.56. The number of unbranched alkanes of at least 4 members (excludes halogenated alkanes) is 2. The predicted molar refractivity (Wildman–Crippen MR) is 79.0 cm³/mol. The van der Waals surface area contributed by atoms with Crippen LogP contribution in [-0.2, 0) is 11.3 Å². The lowest BCUT2D eigenvalue weighted by molar-refractivity contribution is -0.121. The van der Waals surface area contributed by atoms with Crippen LogP contribution >= 0.6 is 0 Å². The molecule has 116 valence electrons. The van der Waals surface area contributed by atoms with Crippen molar-refractivity contribution in [1.29, 1.82) is 0 Å². The number of carbonyl (C=O) groups excluding carboxylic acids is 2. The molecule has 0 aliphatic heterocycles. The number of hydrogen-bond acceptors (Lipinski definition) is 2. The summed E-state index contributed by atoms with van der Waals surface area (Å²) in [6.07, 6.45) is 2.80. The van der Waals surface area contributed by atoms with Crippen LogP contribution in [0.15, 0.2) is 18.2 Å². The summed E-state index contributed by atoms with van der Waals surface area (Å²) in [5.74, 6) is -0.317. The van der Waals surface area contributed by atoms with E-state index >= 15 is 0 Å². The summed E-state index contributed by atoms with van der Waals surface area (Å²) in [5.41, 5.74) is 6.27. The monoisotopic (exact) mass is 295 g/mol. The molecular formula is C15H22FN3O2. The molecule has 0 saturated heterocycles. The molecule has 0 saturated carbocycles. The minimum atomic E-state index is -0.530. The lowest BCUT2D eigenvalue weighted by Crippen LogP contribution is -2.30. The Morgan fingerprint density at radius 1 is 1.19 bits per heavy atom. The van der Waals surface area contributed by atoms with E-state index in [1.807, 2.05) is 0 Å². The third kappa shape index (κ3) is 7.29. The second-order valence-electron chi connectivity index (χ2n) is 4.96. The highest BCUT2D eigenvalue weighted by Gasteiger charge is 2.03. The zero-order valence-corrected chi connectivity index (χ0v) is 12.2. The largest absolute Gasteiger partial charge is 0.352 e. The number of amides is 3. The molecule has 0 fully saturated rings. The quantitative estimate of drug-likeness (QED) is 0.641. The van der Waals surface area contributed by atoms with Crippen LogP contribution in [-0.4, -0.2) is 18.5 Å². The topological polar surface area (TPSA) is 84.2 Å². The van der Waals surface area contributed by atoms with Crippen molar-refractivity contribution in [2.75, 3.05) is 6.54 Å². The SMILES string of the molecule is Cc1ccc(CNC(=O)CCCCCNC(N)=O)cc1F. The van der Waals surface area contributed by atoms with Gasteiger partial charge in [0.25, 0.3) is 0 Å². The fraction of sp³-hybridized carbons (Fsp3) is 0.467. The number of primary amides is 1. The van der Waals surface area contributed by atoms with Crippen LogP contribution in [0.1, 0.15) is 36.8 Å². The normalized spacial score (nSPS) is 10.2. The molecule has 0 heterocycles. The van der Waals surface area contributed by atoms with E-state index in [-0.39, 0.29) is 11.7 Å². The highest BCUT2D eigenvalue weighted by Crippen LogP contribution is 2.09. The molecule has 0 aliphatic carbocycles. The number of aryl methyl sites for hydroxylation is 1. The molecule has 0 radical (unpaired) electrons. The number of rotatable bonds is 8. The molecule has 0 atom stereocenters. The van der Waals surface area contributed by atoms with Crippen LogP contribution in [0.5, 0.6) is 0 Å². The number of nitrogens with one attached hydrogen (secondary N) is 2. The van der Waals surface area contributed by atoms with Gasteiger partial charge in [-0.15, -0.1) is 0 Å². The summed E-state index contributed by atoms with van der Waals surface area (Å²) >= 11 is 0. The number of hydrogen-bond donors (Lipinski definition) is 3. The smallest absolute Gasteiger partial charge is 0.312 e. The molecule has 0 spiro atoms. The van der Waals surface area contributed by atoms with Crippen LogP contribution in [0.25, 0.3) is 0 Å². The minimum absolute atomic E-state index is 0.0566. The molecule has 1 aromatic rings. The number of urea groups is 1. The number of carbonyl (C=O) groups is 2. The number of nitrogens with two attached hydrogens (primary N) is 1. The molecule has 0 aliphatic rings. The van der Waals surface area contributed by atoms with Gasteiger partial charge in [-0.25, -0.2) is 9.18 Å². The van der Waals surface area contributed by atoms with Gasteiger partial charge in [-0.3, -0.25) is 4.79 Å². The first-order valence-electron chi connectivity index (χ1n) is 7.04. The highest BCUT2D eigenvalue weighted by molar-refractivity contribution is 5.75. The van der Waals surface area contributed by atoms with Gasteiger partial charge >= 0.3 is 6.03 Å². The van der Waals surface area contributed by atoms with Crippen molar-refractivity contribution >= 4 is 11.9 Å². The minimum Gasteiger partial charge on any atom is -0.352 e. The first-order chi connectivity index (χ1) is 9.99. The molecule has 1 aromatic carbocycles. The maximum absolute atomic E-state index is 13.3. The van der Waals surface area contributed by atoms with E-state index in [1.54, 1.807) is 19.1 Å². The van der Waals surface area contributed by atoms with Crippen molar-refractivity contribution < 1.29 is 14.0 Å². The van der Waals surface area contributed by atoms with Gasteiger partial charge in [0.15, 0.2) is 0 Å². The Hall–Kier alpha value is -2.11. The zero-order chi connectivity index (χ0) is 15.7. The third-order valence-corrected chi connectivity index (χ3v) is 3.11.